The summed E-state index contributed by atoms with van der Waals surface area (Å²) in [6, 6.07) is 9.77. The van der Waals surface area contributed by atoms with E-state index in [1.807, 2.05) is 30.3 Å². The van der Waals surface area contributed by atoms with Crippen molar-refractivity contribution in [3.63, 3.8) is 0 Å². The molecule has 0 bridgehead atoms. The maximum absolute atomic E-state index is 13.0. The molecule has 0 spiro atoms. The number of thioether (sulfide) groups is 1. The molecule has 2 aliphatic rings. The van der Waals surface area contributed by atoms with Gasteiger partial charge >= 0.3 is 0 Å². The predicted molar refractivity (Wildman–Crippen MR) is 125 cm³/mol. The second-order valence-corrected chi connectivity index (χ2v) is 9.25. The van der Waals surface area contributed by atoms with E-state index < -0.39 is 11.5 Å². The second-order valence-electron chi connectivity index (χ2n) is 8.08. The van der Waals surface area contributed by atoms with Gasteiger partial charge in [-0.25, -0.2) is 0 Å². The van der Waals surface area contributed by atoms with Crippen molar-refractivity contribution in [3.05, 3.63) is 65.1 Å². The Bertz CT molecular complexity index is 867. The molecule has 0 aromatic heterocycles. The Morgan fingerprint density at radius 2 is 1.55 bits per heavy atom. The minimum absolute atomic E-state index is 0.0738. The van der Waals surface area contributed by atoms with Crippen LogP contribution in [-0.4, -0.2) is 22.1 Å². The van der Waals surface area contributed by atoms with Gasteiger partial charge in [-0.05, 0) is 37.1 Å². The van der Waals surface area contributed by atoms with Crippen molar-refractivity contribution in [2.45, 2.75) is 81.5 Å². The van der Waals surface area contributed by atoms with E-state index in [0.717, 1.165) is 24.2 Å². The molecule has 3 rings (SSSR count). The van der Waals surface area contributed by atoms with Gasteiger partial charge in [0, 0.05) is 10.5 Å². The lowest BCUT2D eigenvalue weighted by atomic mass is 9.89. The number of rotatable bonds is 12. The molecule has 0 unspecified atom stereocenters. The summed E-state index contributed by atoms with van der Waals surface area (Å²) in [7, 11) is 0. The first-order chi connectivity index (χ1) is 15.1. The highest BCUT2D eigenvalue weighted by Crippen LogP contribution is 2.36. The number of aliphatic hydroxyl groups is 1. The summed E-state index contributed by atoms with van der Waals surface area (Å²) in [5.41, 5.74) is -0.0270. The van der Waals surface area contributed by atoms with E-state index >= 15 is 0 Å². The SMILES string of the molecule is CCCCCCCCCCCC1=C(O)C(=O)C2=C(O[C@@H](Sc3ccccc3)C=C2)C1=O. The molecule has 0 radical (unpaired) electrons. The number of ether oxygens (including phenoxy) is 1. The summed E-state index contributed by atoms with van der Waals surface area (Å²) >= 11 is 1.47. The van der Waals surface area contributed by atoms with Crippen LogP contribution in [0.3, 0.4) is 0 Å². The molecule has 166 valence electrons. The topological polar surface area (TPSA) is 63.6 Å². The molecular formula is C26H32O4S. The summed E-state index contributed by atoms with van der Waals surface area (Å²) in [6.07, 6.45) is 14.3. The van der Waals surface area contributed by atoms with Crippen LogP contribution in [0.15, 0.2) is 70.0 Å². The van der Waals surface area contributed by atoms with Crippen LogP contribution in [0.4, 0.5) is 0 Å². The molecular weight excluding hydrogens is 408 g/mol. The fourth-order valence-corrected chi connectivity index (χ4v) is 4.76. The van der Waals surface area contributed by atoms with Crippen LogP contribution in [0.5, 0.6) is 0 Å². The molecule has 0 amide bonds. The van der Waals surface area contributed by atoms with Gasteiger partial charge < -0.3 is 9.84 Å². The van der Waals surface area contributed by atoms with Crippen molar-refractivity contribution >= 4 is 23.3 Å². The van der Waals surface area contributed by atoms with E-state index in [4.69, 9.17) is 4.74 Å². The maximum atomic E-state index is 13.0. The molecule has 5 heteroatoms. The van der Waals surface area contributed by atoms with Gasteiger partial charge in [-0.15, -0.1) is 0 Å². The van der Waals surface area contributed by atoms with Gasteiger partial charge in [-0.3, -0.25) is 9.59 Å². The van der Waals surface area contributed by atoms with Crippen LogP contribution in [0.1, 0.15) is 71.1 Å². The maximum Gasteiger partial charge on any atom is 0.231 e. The lowest BCUT2D eigenvalue weighted by Crippen LogP contribution is -2.28. The summed E-state index contributed by atoms with van der Waals surface area (Å²) in [6.45, 7) is 2.22. The summed E-state index contributed by atoms with van der Waals surface area (Å²) in [4.78, 5) is 26.6. The number of carbonyl (C=O) groups is 2. The van der Waals surface area contributed by atoms with E-state index in [9.17, 15) is 14.7 Å². The highest BCUT2D eigenvalue weighted by Gasteiger charge is 2.37. The van der Waals surface area contributed by atoms with E-state index in [-0.39, 0.29) is 28.1 Å². The number of hydrogen-bond donors (Lipinski definition) is 1. The number of benzene rings is 1. The highest BCUT2D eigenvalue weighted by molar-refractivity contribution is 8.00. The van der Waals surface area contributed by atoms with Gasteiger partial charge in [0.2, 0.25) is 11.6 Å². The Labute approximate surface area is 189 Å². The largest absolute Gasteiger partial charge is 0.504 e. The van der Waals surface area contributed by atoms with Crippen LogP contribution >= 0.6 is 11.8 Å². The summed E-state index contributed by atoms with van der Waals surface area (Å²) in [5, 5.41) is 10.4. The molecule has 1 aromatic rings. The van der Waals surface area contributed by atoms with Crippen LogP contribution in [0.25, 0.3) is 0 Å². The molecule has 1 N–H and O–H groups in total. The monoisotopic (exact) mass is 440 g/mol. The van der Waals surface area contributed by atoms with Crippen molar-refractivity contribution in [2.24, 2.45) is 0 Å². The zero-order valence-electron chi connectivity index (χ0n) is 18.3. The molecule has 1 atom stereocenters. The van der Waals surface area contributed by atoms with Gasteiger partial charge in [0.15, 0.2) is 17.0 Å². The van der Waals surface area contributed by atoms with Gasteiger partial charge in [0.25, 0.3) is 0 Å². The molecule has 1 aliphatic heterocycles. The first-order valence-corrected chi connectivity index (χ1v) is 12.3. The Balaban J connectivity index is 1.51. The highest BCUT2D eigenvalue weighted by atomic mass is 32.2. The molecule has 0 fully saturated rings. The lowest BCUT2D eigenvalue weighted by molar-refractivity contribution is -0.120. The lowest BCUT2D eigenvalue weighted by Gasteiger charge is -2.26. The molecule has 0 saturated heterocycles. The number of carbonyl (C=O) groups excluding carboxylic acids is 2. The summed E-state index contributed by atoms with van der Waals surface area (Å²) in [5.74, 6) is -1.20. The number of aliphatic hydroxyl groups excluding tert-OH is 1. The average Bonchev–Trinajstić information content (AvgIpc) is 2.79. The van der Waals surface area contributed by atoms with Crippen molar-refractivity contribution in [2.75, 3.05) is 0 Å². The van der Waals surface area contributed by atoms with Gasteiger partial charge in [-0.2, -0.15) is 0 Å². The predicted octanol–water partition coefficient (Wildman–Crippen LogP) is 6.83. The zero-order chi connectivity index (χ0) is 22.1. The molecule has 1 heterocycles. The normalized spacial score (nSPS) is 18.4. The van der Waals surface area contributed by atoms with Crippen LogP contribution < -0.4 is 0 Å². The quantitative estimate of drug-likeness (QED) is 0.285. The zero-order valence-corrected chi connectivity index (χ0v) is 19.1. The fourth-order valence-electron chi connectivity index (χ4n) is 3.87. The van der Waals surface area contributed by atoms with E-state index in [1.54, 1.807) is 12.2 Å². The molecule has 1 aromatic carbocycles. The van der Waals surface area contributed by atoms with E-state index in [2.05, 4.69) is 6.92 Å². The number of allylic oxidation sites excluding steroid dienone is 3. The van der Waals surface area contributed by atoms with Crippen LogP contribution in [-0.2, 0) is 14.3 Å². The van der Waals surface area contributed by atoms with Gasteiger partial charge in [0.05, 0.1) is 5.57 Å². The first-order valence-electron chi connectivity index (χ1n) is 11.4. The molecule has 1 aliphatic carbocycles. The fraction of sp³-hybridized carbons (Fsp3) is 0.462. The molecule has 31 heavy (non-hydrogen) atoms. The Kier molecular flexibility index (Phi) is 9.01. The third kappa shape index (κ3) is 6.36. The minimum atomic E-state index is -0.514. The Morgan fingerprint density at radius 1 is 0.903 bits per heavy atom. The van der Waals surface area contributed by atoms with Crippen LogP contribution in [0, 0.1) is 0 Å². The summed E-state index contributed by atoms with van der Waals surface area (Å²) < 4.78 is 5.89. The molecule has 4 nitrogen and oxygen atoms in total. The number of Topliss-reactive ketones (excluding diaryl/α,β-unsaturated/α-hetero) is 2. The third-order valence-electron chi connectivity index (χ3n) is 5.65. The van der Waals surface area contributed by atoms with Crippen molar-refractivity contribution in [3.8, 4) is 0 Å². The van der Waals surface area contributed by atoms with Gasteiger partial charge in [-0.1, -0.05) is 88.3 Å². The number of ketones is 2. The van der Waals surface area contributed by atoms with Crippen molar-refractivity contribution in [1.82, 2.24) is 0 Å². The smallest absolute Gasteiger partial charge is 0.231 e. The van der Waals surface area contributed by atoms with E-state index in [0.29, 0.717) is 6.42 Å². The van der Waals surface area contributed by atoms with Crippen LogP contribution in [0.2, 0.25) is 0 Å². The Morgan fingerprint density at radius 3 is 2.23 bits per heavy atom. The molecule has 0 saturated carbocycles. The van der Waals surface area contributed by atoms with E-state index in [1.165, 1.54) is 50.3 Å². The Hall–Kier alpha value is -2.27. The standard InChI is InChI=1S/C26H32O4S/c1-2-3-4-5-6-7-8-9-13-16-20-23(27)24(28)21-17-18-22(30-26(21)25(20)29)31-19-14-11-10-12-15-19/h10-12,14-15,17-18,22,27H,2-9,13,16H2,1H3/t22-/m0/s1. The second kappa shape index (κ2) is 11.9. The average molecular weight is 441 g/mol. The number of unbranched alkanes of at least 4 members (excludes halogenated alkanes) is 8. The number of hydrogen-bond acceptors (Lipinski definition) is 5. The van der Waals surface area contributed by atoms with Gasteiger partial charge in [0.1, 0.15) is 0 Å². The van der Waals surface area contributed by atoms with Crippen molar-refractivity contribution in [1.29, 1.82) is 0 Å². The minimum Gasteiger partial charge on any atom is -0.504 e. The first kappa shape index (κ1) is 23.4. The third-order valence-corrected chi connectivity index (χ3v) is 6.68. The van der Waals surface area contributed by atoms with Crippen molar-refractivity contribution < 1.29 is 19.4 Å².